The molecule has 0 saturated heterocycles. The van der Waals surface area contributed by atoms with Gasteiger partial charge in [-0.25, -0.2) is 4.79 Å². The van der Waals surface area contributed by atoms with Crippen molar-refractivity contribution in [3.63, 3.8) is 0 Å². The Morgan fingerprint density at radius 2 is 1.88 bits per heavy atom. The van der Waals surface area contributed by atoms with Crippen LogP contribution in [0.5, 0.6) is 0 Å². The van der Waals surface area contributed by atoms with E-state index in [1.165, 1.54) is 6.42 Å². The molecule has 1 N–H and O–H groups in total. The van der Waals surface area contributed by atoms with E-state index in [9.17, 15) is 9.59 Å². The summed E-state index contributed by atoms with van der Waals surface area (Å²) in [5.41, 5.74) is -0.538. The van der Waals surface area contributed by atoms with Gasteiger partial charge in [0.2, 0.25) is 6.29 Å². The molecule has 0 aliphatic heterocycles. The van der Waals surface area contributed by atoms with Gasteiger partial charge in [-0.1, -0.05) is 19.3 Å². The second-order valence-electron chi connectivity index (χ2n) is 5.64. The fourth-order valence-corrected chi connectivity index (χ4v) is 2.15. The predicted molar refractivity (Wildman–Crippen MR) is 65.4 cm³/mol. The van der Waals surface area contributed by atoms with Gasteiger partial charge < -0.3 is 10.1 Å². The molecule has 1 rings (SSSR count). The number of nitrogens with one attached hydrogen (secondary N) is 1. The molecule has 4 nitrogen and oxygen atoms in total. The van der Waals surface area contributed by atoms with Crippen molar-refractivity contribution in [3.8, 4) is 0 Å². The van der Waals surface area contributed by atoms with Gasteiger partial charge >= 0.3 is 6.09 Å². The lowest BCUT2D eigenvalue weighted by molar-refractivity contribution is 0.0498. The van der Waals surface area contributed by atoms with Crippen molar-refractivity contribution in [2.45, 2.75) is 64.5 Å². The van der Waals surface area contributed by atoms with Crippen LogP contribution in [0, 0.1) is 5.92 Å². The van der Waals surface area contributed by atoms with E-state index in [1.54, 1.807) is 20.8 Å². The summed E-state index contributed by atoms with van der Waals surface area (Å²) in [5.74, 6) is 0.216. The molecule has 4 heteroatoms. The second kappa shape index (κ2) is 6.03. The van der Waals surface area contributed by atoms with Crippen molar-refractivity contribution in [1.82, 2.24) is 5.32 Å². The summed E-state index contributed by atoms with van der Waals surface area (Å²) in [7, 11) is 0. The van der Waals surface area contributed by atoms with E-state index in [2.05, 4.69) is 5.32 Å². The molecule has 0 aromatic carbocycles. The van der Waals surface area contributed by atoms with Gasteiger partial charge in [0, 0.05) is 0 Å². The average Bonchev–Trinajstić information content (AvgIpc) is 2.24. The molecule has 1 fully saturated rings. The summed E-state index contributed by atoms with van der Waals surface area (Å²) in [6.45, 7) is 5.40. The molecule has 1 aliphatic carbocycles. The molecule has 0 aromatic rings. The van der Waals surface area contributed by atoms with Gasteiger partial charge in [0.1, 0.15) is 11.6 Å². The van der Waals surface area contributed by atoms with Gasteiger partial charge in [-0.3, -0.25) is 4.79 Å². The quantitative estimate of drug-likeness (QED) is 0.824. The van der Waals surface area contributed by atoms with Crippen LogP contribution in [-0.4, -0.2) is 24.0 Å². The number of hydrogen-bond donors (Lipinski definition) is 1. The van der Waals surface area contributed by atoms with Crippen molar-refractivity contribution >= 4 is 12.4 Å². The van der Waals surface area contributed by atoms with Crippen LogP contribution >= 0.6 is 0 Å². The Balaban J connectivity index is 2.45. The molecule has 17 heavy (non-hydrogen) atoms. The maximum atomic E-state index is 11.6. The second-order valence-corrected chi connectivity index (χ2v) is 5.64. The van der Waals surface area contributed by atoms with E-state index in [1.807, 2.05) is 6.29 Å². The monoisotopic (exact) mass is 240 g/mol. The maximum absolute atomic E-state index is 11.6. The first-order valence-corrected chi connectivity index (χ1v) is 6.29. The van der Waals surface area contributed by atoms with Crippen molar-refractivity contribution in [2.24, 2.45) is 5.92 Å². The van der Waals surface area contributed by atoms with Crippen molar-refractivity contribution < 1.29 is 14.3 Å². The Morgan fingerprint density at radius 1 is 1.29 bits per heavy atom. The van der Waals surface area contributed by atoms with Crippen LogP contribution < -0.4 is 5.32 Å². The summed E-state index contributed by atoms with van der Waals surface area (Å²) < 4.78 is 5.13. The number of alkyl carbamates (subject to hydrolysis) is 1. The van der Waals surface area contributed by atoms with Crippen LogP contribution in [0.2, 0.25) is 0 Å². The summed E-state index contributed by atoms with van der Waals surface area (Å²) in [4.78, 5) is 22.5. The third kappa shape index (κ3) is 5.20. The number of ether oxygens (including phenoxy) is 1. The zero-order valence-electron chi connectivity index (χ0n) is 10.9. The third-order valence-electron chi connectivity index (χ3n) is 2.92. The summed E-state index contributed by atoms with van der Waals surface area (Å²) in [6.07, 6.45) is 6.82. The van der Waals surface area contributed by atoms with Crippen LogP contribution in [0.4, 0.5) is 4.79 Å². The minimum atomic E-state index is -0.538. The predicted octanol–water partition coefficient (Wildman–Crippen LogP) is 2.57. The van der Waals surface area contributed by atoms with Crippen LogP contribution in [-0.2, 0) is 9.53 Å². The lowest BCUT2D eigenvalue weighted by Crippen LogP contribution is -2.44. The fraction of sp³-hybridized carbons (Fsp3) is 0.846. The highest BCUT2D eigenvalue weighted by molar-refractivity contribution is 5.73. The molecule has 0 heterocycles. The van der Waals surface area contributed by atoms with Gasteiger partial charge in [-0.05, 0) is 39.5 Å². The highest BCUT2D eigenvalue weighted by atomic mass is 16.6. The first-order chi connectivity index (χ1) is 7.92. The van der Waals surface area contributed by atoms with Crippen molar-refractivity contribution in [1.29, 1.82) is 0 Å². The number of hydrogen-bond acceptors (Lipinski definition) is 3. The average molecular weight is 240 g/mol. The molecule has 1 radical (unpaired) electrons. The van der Waals surface area contributed by atoms with Crippen LogP contribution in [0.1, 0.15) is 52.9 Å². The Morgan fingerprint density at radius 3 is 2.35 bits per heavy atom. The molecule has 0 aromatic heterocycles. The van der Waals surface area contributed by atoms with Gasteiger partial charge in [0.15, 0.2) is 0 Å². The lowest BCUT2D eigenvalue weighted by Gasteiger charge is -2.28. The standard InChI is InChI=1S/C13H22NO3/c1-13(2,3)17-12(16)14-11(9-15)10-7-5-4-6-8-10/h10-11H,4-8H2,1-3H3,(H,14,16)/t11-/m1/s1. The highest BCUT2D eigenvalue weighted by Crippen LogP contribution is 2.26. The zero-order chi connectivity index (χ0) is 12.9. The molecule has 1 saturated carbocycles. The molecule has 0 bridgehead atoms. The van der Waals surface area contributed by atoms with Gasteiger partial charge in [0.05, 0.1) is 0 Å². The van der Waals surface area contributed by atoms with Crippen LogP contribution in [0.15, 0.2) is 0 Å². The summed E-state index contributed by atoms with van der Waals surface area (Å²) in [5, 5.41) is 2.61. The van der Waals surface area contributed by atoms with E-state index in [0.717, 1.165) is 25.7 Å². The topological polar surface area (TPSA) is 55.4 Å². The Hall–Kier alpha value is -1.06. The van der Waals surface area contributed by atoms with E-state index < -0.39 is 17.7 Å². The highest BCUT2D eigenvalue weighted by Gasteiger charge is 2.27. The van der Waals surface area contributed by atoms with E-state index >= 15 is 0 Å². The Kier molecular flexibility index (Phi) is 4.97. The van der Waals surface area contributed by atoms with E-state index in [0.29, 0.717) is 0 Å². The van der Waals surface area contributed by atoms with Crippen LogP contribution in [0.3, 0.4) is 0 Å². The first-order valence-electron chi connectivity index (χ1n) is 6.29. The number of carbonyl (C=O) groups excluding carboxylic acids is 2. The molecule has 0 unspecified atom stereocenters. The Labute approximate surface area is 103 Å². The number of carbonyl (C=O) groups is 1. The summed E-state index contributed by atoms with van der Waals surface area (Å²) >= 11 is 0. The molecule has 1 atom stereocenters. The van der Waals surface area contributed by atoms with E-state index in [4.69, 9.17) is 4.74 Å². The molecule has 1 amide bonds. The largest absolute Gasteiger partial charge is 0.444 e. The van der Waals surface area contributed by atoms with Gasteiger partial charge in [-0.15, -0.1) is 0 Å². The van der Waals surface area contributed by atoms with E-state index in [-0.39, 0.29) is 5.92 Å². The lowest BCUT2D eigenvalue weighted by atomic mass is 9.84. The fourth-order valence-electron chi connectivity index (χ4n) is 2.15. The molecular weight excluding hydrogens is 218 g/mol. The molecule has 1 aliphatic rings. The van der Waals surface area contributed by atoms with Crippen molar-refractivity contribution in [2.75, 3.05) is 0 Å². The SMILES string of the molecule is CC(C)(C)OC(=O)N[C@H]([C]=O)C1CCCCC1. The normalized spacial score (nSPS) is 19.5. The zero-order valence-corrected chi connectivity index (χ0v) is 10.9. The van der Waals surface area contributed by atoms with Gasteiger partial charge in [-0.2, -0.15) is 0 Å². The number of rotatable bonds is 3. The van der Waals surface area contributed by atoms with Crippen molar-refractivity contribution in [3.05, 3.63) is 0 Å². The molecule has 0 spiro atoms. The minimum Gasteiger partial charge on any atom is -0.444 e. The van der Waals surface area contributed by atoms with Gasteiger partial charge in [0.25, 0.3) is 0 Å². The smallest absolute Gasteiger partial charge is 0.408 e. The maximum Gasteiger partial charge on any atom is 0.408 e. The first kappa shape index (κ1) is 14.0. The third-order valence-corrected chi connectivity index (χ3v) is 2.92. The summed E-state index contributed by atoms with van der Waals surface area (Å²) in [6, 6.07) is -0.523. The number of amides is 1. The van der Waals surface area contributed by atoms with Crippen LogP contribution in [0.25, 0.3) is 0 Å². The Bertz CT molecular complexity index is 264. The minimum absolute atomic E-state index is 0.216. The molecule has 97 valence electrons. The molecular formula is C13H22NO3.